The average Bonchev–Trinajstić information content (AvgIpc) is 2.95. The third-order valence-electron chi connectivity index (χ3n) is 5.92. The van der Waals surface area contributed by atoms with E-state index >= 15 is 0 Å². The summed E-state index contributed by atoms with van der Waals surface area (Å²) in [6.07, 6.45) is -1.04. The van der Waals surface area contributed by atoms with Gasteiger partial charge in [-0.3, -0.25) is 14.5 Å². The Morgan fingerprint density at radius 2 is 1.61 bits per heavy atom. The fourth-order valence-corrected chi connectivity index (χ4v) is 4.51. The minimum atomic E-state index is -2.27. The van der Waals surface area contributed by atoms with Crippen LogP contribution >= 0.6 is 0 Å². The van der Waals surface area contributed by atoms with Gasteiger partial charge < -0.3 is 13.9 Å². The summed E-state index contributed by atoms with van der Waals surface area (Å²) in [5.41, 5.74) is -0.770. The number of carbonyl (C=O) groups excluding carboxylic acids is 3. The molecule has 0 aromatic rings. The Balaban J connectivity index is 3.41. The van der Waals surface area contributed by atoms with Crippen LogP contribution in [0.1, 0.15) is 54.4 Å². The predicted octanol–water partition coefficient (Wildman–Crippen LogP) is 3.34. The van der Waals surface area contributed by atoms with Crippen LogP contribution in [-0.4, -0.2) is 81.3 Å². The molecule has 31 heavy (non-hydrogen) atoms. The zero-order valence-corrected chi connectivity index (χ0v) is 21.9. The number of hydroxylamine groups is 2. The lowest BCUT2D eigenvalue weighted by Gasteiger charge is -2.40. The molecule has 0 saturated carbocycles. The maximum atomic E-state index is 13.1. The fourth-order valence-electron chi connectivity index (χ4n) is 3.14. The van der Waals surface area contributed by atoms with Crippen molar-refractivity contribution in [1.82, 2.24) is 9.96 Å². The summed E-state index contributed by atoms with van der Waals surface area (Å²) in [6, 6.07) is -1.60. The molecule has 0 N–H and O–H groups in total. The number of nitrogens with zero attached hydrogens (tertiary/aromatic N) is 2. The number of hydrogen-bond acceptors (Lipinski definition) is 7. The van der Waals surface area contributed by atoms with E-state index in [0.717, 1.165) is 5.06 Å². The predicted molar refractivity (Wildman–Crippen MR) is 119 cm³/mol. The minimum Gasteiger partial charge on any atom is -0.467 e. The molecule has 0 spiro atoms. The largest absolute Gasteiger partial charge is 0.467 e. The Labute approximate surface area is 187 Å². The van der Waals surface area contributed by atoms with Crippen LogP contribution in [0.2, 0.25) is 18.1 Å². The van der Waals surface area contributed by atoms with Gasteiger partial charge in [-0.15, -0.1) is 0 Å². The van der Waals surface area contributed by atoms with Crippen LogP contribution in [0, 0.1) is 0 Å². The van der Waals surface area contributed by atoms with E-state index in [1.165, 1.54) is 26.2 Å². The highest BCUT2D eigenvalue weighted by molar-refractivity contribution is 6.74. The molecule has 2 amide bonds. The molecule has 1 aliphatic heterocycles. The van der Waals surface area contributed by atoms with Crippen molar-refractivity contribution in [3.8, 4) is 0 Å². The number of methoxy groups -OCH3 is 1. The first kappa shape index (κ1) is 27.4. The van der Waals surface area contributed by atoms with Crippen molar-refractivity contribution in [2.45, 2.75) is 96.3 Å². The smallest absolute Gasteiger partial charge is 0.411 e. The first-order valence-corrected chi connectivity index (χ1v) is 13.4. The number of rotatable bonds is 6. The second-order valence-corrected chi connectivity index (χ2v) is 15.2. The molecule has 0 radical (unpaired) electrons. The lowest BCUT2D eigenvalue weighted by molar-refractivity contribution is -0.170. The Hall–Kier alpha value is -1.65. The highest BCUT2D eigenvalue weighted by Crippen LogP contribution is 2.41. The van der Waals surface area contributed by atoms with Gasteiger partial charge in [-0.05, 0) is 38.9 Å². The number of amides is 2. The van der Waals surface area contributed by atoms with Crippen molar-refractivity contribution in [1.29, 1.82) is 0 Å². The second kappa shape index (κ2) is 9.87. The standard InChI is InChI=1S/C21H40N2O7Si/c1-20(2,3)29-19(26)23-14(13-17(24)22(7)28-9)16(12-15(23)18(25)27-8)30-31(10,11)21(4,5)6/h14-16H,12-13H2,1-11H3/t14?,15-,16-/m0/s1. The topological polar surface area (TPSA) is 94.6 Å². The van der Waals surface area contributed by atoms with Gasteiger partial charge in [0.05, 0.1) is 32.8 Å². The molecule has 1 heterocycles. The number of carbonyl (C=O) groups is 3. The van der Waals surface area contributed by atoms with Gasteiger partial charge in [0.25, 0.3) is 0 Å². The second-order valence-electron chi connectivity index (χ2n) is 10.4. The number of likely N-dealkylation sites (tertiary alicyclic amines) is 1. The van der Waals surface area contributed by atoms with E-state index in [1.54, 1.807) is 20.8 Å². The zero-order chi connectivity index (χ0) is 24.4. The number of ether oxygens (including phenoxy) is 2. The van der Waals surface area contributed by atoms with Crippen LogP contribution in [0.15, 0.2) is 0 Å². The summed E-state index contributed by atoms with van der Waals surface area (Å²) in [5.74, 6) is -0.903. The summed E-state index contributed by atoms with van der Waals surface area (Å²) in [7, 11) is 1.89. The SMILES string of the molecule is COC(=O)[C@@H]1C[C@H](O[Si](C)(C)C(C)(C)C)C(CC(=O)N(C)OC)N1C(=O)OC(C)(C)C. The molecule has 3 atom stereocenters. The van der Waals surface area contributed by atoms with E-state index in [4.69, 9.17) is 18.7 Å². The normalized spacial score (nSPS) is 22.3. The molecular formula is C21H40N2O7Si. The Morgan fingerprint density at radius 3 is 2.03 bits per heavy atom. The van der Waals surface area contributed by atoms with E-state index in [1.807, 2.05) is 0 Å². The van der Waals surface area contributed by atoms with Gasteiger partial charge in [0.2, 0.25) is 5.91 Å². The van der Waals surface area contributed by atoms with Crippen LogP contribution in [0.3, 0.4) is 0 Å². The van der Waals surface area contributed by atoms with Gasteiger partial charge in [0.15, 0.2) is 8.32 Å². The summed E-state index contributed by atoms with van der Waals surface area (Å²) < 4.78 is 17.1. The maximum Gasteiger partial charge on any atom is 0.411 e. The molecule has 0 aromatic heterocycles. The molecule has 10 heteroatoms. The van der Waals surface area contributed by atoms with Gasteiger partial charge in [-0.25, -0.2) is 14.7 Å². The lowest BCUT2D eigenvalue weighted by Crippen LogP contribution is -2.52. The summed E-state index contributed by atoms with van der Waals surface area (Å²) in [4.78, 5) is 44.7. The maximum absolute atomic E-state index is 13.1. The highest BCUT2D eigenvalue weighted by atomic mass is 28.4. The minimum absolute atomic E-state index is 0.0730. The number of hydrogen-bond donors (Lipinski definition) is 0. The fraction of sp³-hybridized carbons (Fsp3) is 0.857. The Bertz CT molecular complexity index is 670. The van der Waals surface area contributed by atoms with Crippen LogP contribution in [-0.2, 0) is 28.3 Å². The van der Waals surface area contributed by atoms with Crippen molar-refractivity contribution < 1.29 is 33.1 Å². The van der Waals surface area contributed by atoms with Crippen molar-refractivity contribution in [3.05, 3.63) is 0 Å². The molecule has 180 valence electrons. The summed E-state index contributed by atoms with van der Waals surface area (Å²) in [5, 5.41) is 1.01. The first-order valence-electron chi connectivity index (χ1n) is 10.5. The van der Waals surface area contributed by atoms with Crippen molar-refractivity contribution in [2.24, 2.45) is 0 Å². The lowest BCUT2D eigenvalue weighted by atomic mass is 10.1. The molecule has 9 nitrogen and oxygen atoms in total. The van der Waals surface area contributed by atoms with Gasteiger partial charge in [-0.2, -0.15) is 0 Å². The Morgan fingerprint density at radius 1 is 1.06 bits per heavy atom. The van der Waals surface area contributed by atoms with Gasteiger partial charge in [-0.1, -0.05) is 20.8 Å². The van der Waals surface area contributed by atoms with E-state index in [2.05, 4.69) is 33.9 Å². The molecule has 1 fully saturated rings. The molecular weight excluding hydrogens is 420 g/mol. The highest BCUT2D eigenvalue weighted by Gasteiger charge is 2.53. The van der Waals surface area contributed by atoms with Crippen molar-refractivity contribution in [2.75, 3.05) is 21.3 Å². The third-order valence-corrected chi connectivity index (χ3v) is 10.4. The van der Waals surface area contributed by atoms with Crippen LogP contribution in [0.5, 0.6) is 0 Å². The average molecular weight is 461 g/mol. The van der Waals surface area contributed by atoms with Gasteiger partial charge in [0.1, 0.15) is 11.6 Å². The zero-order valence-electron chi connectivity index (χ0n) is 20.9. The Kier molecular flexibility index (Phi) is 8.72. The third kappa shape index (κ3) is 6.91. The molecule has 0 aromatic carbocycles. The summed E-state index contributed by atoms with van der Waals surface area (Å²) in [6.45, 7) is 15.8. The quantitative estimate of drug-likeness (QED) is 0.341. The van der Waals surface area contributed by atoms with E-state index in [9.17, 15) is 14.4 Å². The molecule has 1 rings (SSSR count). The molecule has 1 aliphatic rings. The number of esters is 1. The van der Waals surface area contributed by atoms with E-state index in [0.29, 0.717) is 0 Å². The van der Waals surface area contributed by atoms with Crippen LogP contribution < -0.4 is 0 Å². The first-order chi connectivity index (χ1) is 13.9. The van der Waals surface area contributed by atoms with Gasteiger partial charge in [0, 0.05) is 13.5 Å². The van der Waals surface area contributed by atoms with Crippen molar-refractivity contribution >= 4 is 26.3 Å². The van der Waals surface area contributed by atoms with Gasteiger partial charge >= 0.3 is 12.1 Å². The summed E-state index contributed by atoms with van der Waals surface area (Å²) >= 11 is 0. The van der Waals surface area contributed by atoms with Crippen LogP contribution in [0.4, 0.5) is 4.79 Å². The molecule has 0 aliphatic carbocycles. The van der Waals surface area contributed by atoms with Crippen LogP contribution in [0.25, 0.3) is 0 Å². The molecule has 1 unspecified atom stereocenters. The molecule has 1 saturated heterocycles. The monoisotopic (exact) mass is 460 g/mol. The van der Waals surface area contributed by atoms with E-state index < -0.39 is 44.2 Å². The van der Waals surface area contributed by atoms with Crippen molar-refractivity contribution in [3.63, 3.8) is 0 Å². The van der Waals surface area contributed by atoms with E-state index in [-0.39, 0.29) is 23.8 Å². The molecule has 0 bridgehead atoms.